The Labute approximate surface area is 252 Å². The molecule has 2 aromatic rings. The number of nitrogens with zero attached hydrogens (tertiary/aromatic N) is 2. The lowest BCUT2D eigenvalue weighted by molar-refractivity contribution is -0.380. The van der Waals surface area contributed by atoms with Gasteiger partial charge in [-0.25, -0.2) is 4.98 Å². The molecule has 0 aliphatic heterocycles. The molecule has 0 unspecified atom stereocenters. The fraction of sp³-hybridized carbons (Fsp3) is 0.538. The maximum absolute atomic E-state index is 12.8. The van der Waals surface area contributed by atoms with Crippen molar-refractivity contribution in [1.82, 2.24) is 4.98 Å². The lowest BCUT2D eigenvalue weighted by Gasteiger charge is -2.13. The van der Waals surface area contributed by atoms with E-state index in [1.807, 2.05) is 0 Å². The van der Waals surface area contributed by atoms with Gasteiger partial charge in [-0.05, 0) is 36.5 Å². The van der Waals surface area contributed by atoms with E-state index in [1.165, 1.54) is 19.9 Å². The lowest BCUT2D eigenvalue weighted by Crippen LogP contribution is -2.17. The number of anilines is 3. The third kappa shape index (κ3) is 14.8. The normalized spacial score (nSPS) is 10.8. The van der Waals surface area contributed by atoms with Gasteiger partial charge in [-0.15, -0.1) is 0 Å². The molecule has 0 saturated heterocycles. The number of aryl methyl sites for hydroxylation is 1. The van der Waals surface area contributed by atoms with Gasteiger partial charge in [-0.3, -0.25) is 29.8 Å². The van der Waals surface area contributed by atoms with E-state index in [4.69, 9.17) is 28.8 Å². The number of rotatable bonds is 23. The zero-order chi connectivity index (χ0) is 31.5. The Morgan fingerprint density at radius 1 is 0.907 bits per heavy atom. The predicted molar refractivity (Wildman–Crippen MR) is 157 cm³/mol. The van der Waals surface area contributed by atoms with E-state index in [9.17, 15) is 24.5 Å². The maximum Gasteiger partial charge on any atom is 0.348 e. The lowest BCUT2D eigenvalue weighted by atomic mass is 10.1. The highest BCUT2D eigenvalue weighted by atomic mass is 32.1. The first-order valence-electron chi connectivity index (χ1n) is 13.4. The number of hydrogen-bond acceptors (Lipinski definition) is 13. The Balaban J connectivity index is 1.59. The number of ether oxygens (including phenoxy) is 5. The highest BCUT2D eigenvalue weighted by Gasteiger charge is 2.21. The molecule has 0 atom stereocenters. The van der Waals surface area contributed by atoms with Crippen molar-refractivity contribution in [3.63, 3.8) is 0 Å². The molecule has 1 aromatic heterocycles. The predicted octanol–water partition coefficient (Wildman–Crippen LogP) is 2.54. The number of aliphatic carboxylic acids is 1. The second-order valence-electron chi connectivity index (χ2n) is 8.69. The molecule has 0 bridgehead atoms. The van der Waals surface area contributed by atoms with Crippen LogP contribution in [-0.4, -0.2) is 105 Å². The zero-order valence-electron chi connectivity index (χ0n) is 24.0. The summed E-state index contributed by atoms with van der Waals surface area (Å²) in [4.78, 5) is 49.4. The Kier molecular flexibility index (Phi) is 16.7. The van der Waals surface area contributed by atoms with Crippen LogP contribution in [0.3, 0.4) is 0 Å². The van der Waals surface area contributed by atoms with Gasteiger partial charge < -0.3 is 39.4 Å². The average molecular weight is 628 g/mol. The topological polar surface area (TPSA) is 210 Å². The second-order valence-corrected chi connectivity index (χ2v) is 9.67. The molecule has 1 heterocycles. The van der Waals surface area contributed by atoms with Crippen molar-refractivity contribution in [2.24, 2.45) is 0 Å². The van der Waals surface area contributed by atoms with Crippen LogP contribution in [0.5, 0.6) is 0 Å². The van der Waals surface area contributed by atoms with E-state index in [1.54, 1.807) is 12.1 Å². The SMILES string of the molecule is CC(=O)Nc1cc(NCCOCCOCCOCCOCCOCCC(=O)O)ccc1C(=O)Nc1nc(C)c([N+](=O)[O-])s1. The molecule has 1 aromatic carbocycles. The second kappa shape index (κ2) is 20.2. The van der Waals surface area contributed by atoms with Crippen molar-refractivity contribution in [3.8, 4) is 0 Å². The third-order valence-electron chi connectivity index (χ3n) is 5.26. The fourth-order valence-corrected chi connectivity index (χ4v) is 4.11. The first-order chi connectivity index (χ1) is 20.7. The Morgan fingerprint density at radius 2 is 1.47 bits per heavy atom. The summed E-state index contributed by atoms with van der Waals surface area (Å²) in [5.74, 6) is -1.84. The number of aromatic nitrogens is 1. The maximum atomic E-state index is 12.8. The summed E-state index contributed by atoms with van der Waals surface area (Å²) >= 11 is 0.752. The number of carboxylic acid groups (broad SMARTS) is 1. The quantitative estimate of drug-likeness (QED) is 0.0794. The minimum Gasteiger partial charge on any atom is -0.481 e. The number of amides is 2. The van der Waals surface area contributed by atoms with Crippen molar-refractivity contribution in [3.05, 3.63) is 39.6 Å². The van der Waals surface area contributed by atoms with Gasteiger partial charge in [0, 0.05) is 19.2 Å². The summed E-state index contributed by atoms with van der Waals surface area (Å²) in [6, 6.07) is 4.80. The number of hydrogen-bond donors (Lipinski definition) is 4. The van der Waals surface area contributed by atoms with Gasteiger partial charge in [0.2, 0.25) is 5.91 Å². The Hall–Kier alpha value is -3.74. The van der Waals surface area contributed by atoms with E-state index in [-0.39, 0.29) is 46.0 Å². The highest BCUT2D eigenvalue weighted by molar-refractivity contribution is 7.19. The molecule has 238 valence electrons. The number of carboxylic acids is 1. The van der Waals surface area contributed by atoms with Crippen LogP contribution in [0.2, 0.25) is 0 Å². The summed E-state index contributed by atoms with van der Waals surface area (Å²) in [7, 11) is 0. The summed E-state index contributed by atoms with van der Waals surface area (Å²) in [5, 5.41) is 27.8. The van der Waals surface area contributed by atoms with Crippen molar-refractivity contribution < 1.29 is 48.1 Å². The van der Waals surface area contributed by atoms with E-state index in [0.717, 1.165) is 11.3 Å². The van der Waals surface area contributed by atoms with Crippen molar-refractivity contribution in [1.29, 1.82) is 0 Å². The van der Waals surface area contributed by atoms with Gasteiger partial charge in [0.05, 0.1) is 88.7 Å². The first-order valence-corrected chi connectivity index (χ1v) is 14.2. The van der Waals surface area contributed by atoms with Gasteiger partial charge in [-0.1, -0.05) is 0 Å². The number of carbonyl (C=O) groups is 3. The minimum atomic E-state index is -0.897. The van der Waals surface area contributed by atoms with Gasteiger partial charge in [-0.2, -0.15) is 0 Å². The number of carbonyl (C=O) groups excluding carboxylic acids is 2. The number of nitro groups is 1. The Morgan fingerprint density at radius 3 is 1.98 bits per heavy atom. The van der Waals surface area contributed by atoms with E-state index < -0.39 is 16.8 Å². The molecule has 17 heteroatoms. The smallest absolute Gasteiger partial charge is 0.348 e. The molecule has 0 fully saturated rings. The van der Waals surface area contributed by atoms with Crippen LogP contribution < -0.4 is 16.0 Å². The van der Waals surface area contributed by atoms with Crippen molar-refractivity contribution in [2.45, 2.75) is 20.3 Å². The average Bonchev–Trinajstić information content (AvgIpc) is 3.31. The van der Waals surface area contributed by atoms with Crippen LogP contribution in [0.25, 0.3) is 0 Å². The molecule has 0 radical (unpaired) electrons. The summed E-state index contributed by atoms with van der Waals surface area (Å²) in [6.07, 6.45) is -0.0281. The van der Waals surface area contributed by atoms with Crippen LogP contribution in [0.1, 0.15) is 29.4 Å². The number of thiazole rings is 1. The summed E-state index contributed by atoms with van der Waals surface area (Å²) in [5.41, 5.74) is 1.28. The fourth-order valence-electron chi connectivity index (χ4n) is 3.33. The third-order valence-corrected chi connectivity index (χ3v) is 6.28. The van der Waals surface area contributed by atoms with Crippen molar-refractivity contribution in [2.75, 3.05) is 88.6 Å². The summed E-state index contributed by atoms with van der Waals surface area (Å²) < 4.78 is 26.8. The molecule has 2 amide bonds. The van der Waals surface area contributed by atoms with Crippen LogP contribution in [0.15, 0.2) is 18.2 Å². The Bertz CT molecular complexity index is 1190. The highest BCUT2D eigenvalue weighted by Crippen LogP contribution is 2.30. The minimum absolute atomic E-state index is 0.0281. The molecular weight excluding hydrogens is 590 g/mol. The standard InChI is InChI=1S/C26H37N5O11S/c1-18-25(31(36)37)43-26(28-18)30-24(35)21-4-3-20(17-22(21)29-19(2)32)27-6-8-39-10-12-41-14-16-42-15-13-40-11-9-38-7-5-23(33)34/h3-4,17,27H,5-16H2,1-2H3,(H,29,32)(H,33,34)(H,28,30,35). The largest absolute Gasteiger partial charge is 0.481 e. The van der Waals surface area contributed by atoms with Crippen LogP contribution in [0, 0.1) is 17.0 Å². The van der Waals surface area contributed by atoms with E-state index in [0.29, 0.717) is 71.7 Å². The summed E-state index contributed by atoms with van der Waals surface area (Å²) in [6.45, 7) is 6.92. The van der Waals surface area contributed by atoms with Crippen LogP contribution >= 0.6 is 11.3 Å². The monoisotopic (exact) mass is 627 g/mol. The van der Waals surface area contributed by atoms with Gasteiger partial charge >= 0.3 is 11.0 Å². The molecular formula is C26H37N5O11S. The molecule has 0 spiro atoms. The van der Waals surface area contributed by atoms with Gasteiger partial charge in [0.1, 0.15) is 5.69 Å². The van der Waals surface area contributed by atoms with Gasteiger partial charge in [0.25, 0.3) is 5.91 Å². The molecule has 16 nitrogen and oxygen atoms in total. The first kappa shape index (κ1) is 35.5. The molecule has 0 aliphatic carbocycles. The van der Waals surface area contributed by atoms with Crippen molar-refractivity contribution >= 4 is 50.6 Å². The molecule has 0 saturated carbocycles. The zero-order valence-corrected chi connectivity index (χ0v) is 24.9. The van der Waals surface area contributed by atoms with E-state index in [2.05, 4.69) is 20.9 Å². The molecule has 4 N–H and O–H groups in total. The van der Waals surface area contributed by atoms with Gasteiger partial charge in [0.15, 0.2) is 5.13 Å². The van der Waals surface area contributed by atoms with E-state index >= 15 is 0 Å². The van der Waals surface area contributed by atoms with Crippen LogP contribution in [-0.2, 0) is 33.3 Å². The number of nitrogens with one attached hydrogen (secondary N) is 3. The molecule has 0 aliphatic rings. The van der Waals surface area contributed by atoms with Crippen LogP contribution in [0.4, 0.5) is 21.5 Å². The number of benzene rings is 1. The molecule has 43 heavy (non-hydrogen) atoms. The molecule has 2 rings (SSSR count).